The highest BCUT2D eigenvalue weighted by atomic mass is 16.1. The van der Waals surface area contributed by atoms with Crippen LogP contribution in [0.5, 0.6) is 0 Å². The molecule has 0 fully saturated rings. The Morgan fingerprint density at radius 3 is 2.17 bits per heavy atom. The first-order valence-electron chi connectivity index (χ1n) is 4.43. The van der Waals surface area contributed by atoms with Gasteiger partial charge in [-0.3, -0.25) is 4.79 Å². The minimum atomic E-state index is -0.394. The predicted molar refractivity (Wildman–Crippen MR) is 48.9 cm³/mol. The molecule has 0 heterocycles. The molecule has 0 saturated carbocycles. The zero-order chi connectivity index (χ0) is 9.78. The van der Waals surface area contributed by atoms with Gasteiger partial charge in [-0.15, -0.1) is 0 Å². The van der Waals surface area contributed by atoms with Crippen LogP contribution in [0.3, 0.4) is 0 Å². The quantitative estimate of drug-likeness (QED) is 0.479. The molecule has 70 valence electrons. The van der Waals surface area contributed by atoms with Gasteiger partial charge in [0.25, 0.3) is 0 Å². The first-order valence-corrected chi connectivity index (χ1v) is 4.43. The lowest BCUT2D eigenvalue weighted by atomic mass is 9.82. The summed E-state index contributed by atoms with van der Waals surface area (Å²) in [5, 5.41) is 0. The van der Waals surface area contributed by atoms with E-state index in [-0.39, 0.29) is 11.2 Å². The van der Waals surface area contributed by atoms with Crippen molar-refractivity contribution in [2.45, 2.75) is 40.5 Å². The van der Waals surface area contributed by atoms with Gasteiger partial charge < -0.3 is 4.79 Å². The summed E-state index contributed by atoms with van der Waals surface area (Å²) in [5.41, 5.74) is -0.388. The van der Waals surface area contributed by atoms with Crippen LogP contribution in [0.15, 0.2) is 0 Å². The molecule has 0 rings (SSSR count). The Morgan fingerprint density at radius 2 is 1.92 bits per heavy atom. The summed E-state index contributed by atoms with van der Waals surface area (Å²) in [7, 11) is 0. The van der Waals surface area contributed by atoms with Crippen molar-refractivity contribution in [2.24, 2.45) is 11.3 Å². The Kier molecular flexibility index (Phi) is 4.15. The number of carbonyl (C=O) groups excluding carboxylic acids is 2. The molecule has 0 saturated heterocycles. The van der Waals surface area contributed by atoms with Crippen molar-refractivity contribution in [3.05, 3.63) is 0 Å². The first kappa shape index (κ1) is 11.3. The van der Waals surface area contributed by atoms with Gasteiger partial charge in [-0.25, -0.2) is 0 Å². The van der Waals surface area contributed by atoms with E-state index in [1.54, 1.807) is 0 Å². The predicted octanol–water partition coefficient (Wildman–Crippen LogP) is 2.22. The second-order valence-corrected chi connectivity index (χ2v) is 4.15. The van der Waals surface area contributed by atoms with E-state index < -0.39 is 5.92 Å². The average Bonchev–Trinajstić information content (AvgIpc) is 1.97. The minimum Gasteiger partial charge on any atom is -0.303 e. The fourth-order valence-electron chi connectivity index (χ4n) is 1.13. The summed E-state index contributed by atoms with van der Waals surface area (Å²) in [5.74, 6) is -0.339. The molecule has 12 heavy (non-hydrogen) atoms. The van der Waals surface area contributed by atoms with Gasteiger partial charge in [-0.1, -0.05) is 34.1 Å². The van der Waals surface area contributed by atoms with Crippen LogP contribution in [0.2, 0.25) is 0 Å². The SMILES string of the molecule is CCCC(C=O)C(=O)C(C)(C)C. The molecule has 0 aliphatic carbocycles. The third-order valence-corrected chi connectivity index (χ3v) is 1.84. The van der Waals surface area contributed by atoms with E-state index >= 15 is 0 Å². The number of hydrogen-bond donors (Lipinski definition) is 0. The summed E-state index contributed by atoms with van der Waals surface area (Å²) in [6.07, 6.45) is 2.34. The van der Waals surface area contributed by atoms with E-state index in [1.807, 2.05) is 27.7 Å². The van der Waals surface area contributed by atoms with Crippen molar-refractivity contribution in [3.8, 4) is 0 Å². The third-order valence-electron chi connectivity index (χ3n) is 1.84. The molecule has 0 aromatic carbocycles. The zero-order valence-electron chi connectivity index (χ0n) is 8.39. The second-order valence-electron chi connectivity index (χ2n) is 4.15. The molecule has 0 spiro atoms. The molecule has 0 aromatic rings. The van der Waals surface area contributed by atoms with E-state index in [1.165, 1.54) is 0 Å². The normalized spacial score (nSPS) is 14.0. The van der Waals surface area contributed by atoms with Crippen LogP contribution >= 0.6 is 0 Å². The Bertz CT molecular complexity index is 165. The molecule has 2 heteroatoms. The maximum absolute atomic E-state index is 11.6. The van der Waals surface area contributed by atoms with Gasteiger partial charge in [0.1, 0.15) is 12.1 Å². The van der Waals surface area contributed by atoms with Crippen LogP contribution in [0.1, 0.15) is 40.5 Å². The maximum atomic E-state index is 11.6. The van der Waals surface area contributed by atoms with E-state index in [4.69, 9.17) is 0 Å². The maximum Gasteiger partial charge on any atom is 0.148 e. The topological polar surface area (TPSA) is 34.1 Å². The van der Waals surface area contributed by atoms with Crippen LogP contribution in [0.25, 0.3) is 0 Å². The van der Waals surface area contributed by atoms with Crippen molar-refractivity contribution in [1.29, 1.82) is 0 Å². The van der Waals surface area contributed by atoms with Crippen molar-refractivity contribution in [2.75, 3.05) is 0 Å². The summed E-state index contributed by atoms with van der Waals surface area (Å²) < 4.78 is 0. The van der Waals surface area contributed by atoms with Crippen LogP contribution in [0, 0.1) is 11.3 Å². The highest BCUT2D eigenvalue weighted by molar-refractivity contribution is 5.96. The molecule has 1 atom stereocenters. The summed E-state index contributed by atoms with van der Waals surface area (Å²) in [6, 6.07) is 0. The summed E-state index contributed by atoms with van der Waals surface area (Å²) in [6.45, 7) is 7.52. The van der Waals surface area contributed by atoms with Gasteiger partial charge in [0.2, 0.25) is 0 Å². The minimum absolute atomic E-state index is 0.0550. The van der Waals surface area contributed by atoms with Crippen molar-refractivity contribution >= 4 is 12.1 Å². The average molecular weight is 170 g/mol. The lowest BCUT2D eigenvalue weighted by Crippen LogP contribution is -2.29. The Hall–Kier alpha value is -0.660. The van der Waals surface area contributed by atoms with Gasteiger partial charge in [0, 0.05) is 5.41 Å². The first-order chi connectivity index (χ1) is 5.43. The van der Waals surface area contributed by atoms with Gasteiger partial charge >= 0.3 is 0 Å². The fraction of sp³-hybridized carbons (Fsp3) is 0.800. The van der Waals surface area contributed by atoms with Gasteiger partial charge in [-0.2, -0.15) is 0 Å². The van der Waals surface area contributed by atoms with Crippen LogP contribution in [0.4, 0.5) is 0 Å². The molecule has 1 unspecified atom stereocenters. The van der Waals surface area contributed by atoms with E-state index in [0.29, 0.717) is 6.42 Å². The number of ketones is 1. The molecule has 0 aliphatic rings. The third kappa shape index (κ3) is 3.16. The highest BCUT2D eigenvalue weighted by Crippen LogP contribution is 2.21. The Labute approximate surface area is 74.3 Å². The molecule has 0 amide bonds. The molecule has 0 aromatic heterocycles. The second kappa shape index (κ2) is 4.39. The van der Waals surface area contributed by atoms with Crippen LogP contribution in [-0.4, -0.2) is 12.1 Å². The van der Waals surface area contributed by atoms with Crippen molar-refractivity contribution < 1.29 is 9.59 Å². The largest absolute Gasteiger partial charge is 0.303 e. The van der Waals surface area contributed by atoms with E-state index in [2.05, 4.69) is 0 Å². The smallest absolute Gasteiger partial charge is 0.148 e. The lowest BCUT2D eigenvalue weighted by Gasteiger charge is -2.20. The fourth-order valence-corrected chi connectivity index (χ4v) is 1.13. The van der Waals surface area contributed by atoms with Gasteiger partial charge in [0.15, 0.2) is 0 Å². The van der Waals surface area contributed by atoms with Crippen molar-refractivity contribution in [1.82, 2.24) is 0 Å². The zero-order valence-corrected chi connectivity index (χ0v) is 8.39. The summed E-state index contributed by atoms with van der Waals surface area (Å²) in [4.78, 5) is 22.1. The molecular weight excluding hydrogens is 152 g/mol. The number of Topliss-reactive ketones (excluding diaryl/α,β-unsaturated/α-hetero) is 1. The molecular formula is C10H18O2. The number of rotatable bonds is 4. The van der Waals surface area contributed by atoms with E-state index in [0.717, 1.165) is 12.7 Å². The monoisotopic (exact) mass is 170 g/mol. The number of hydrogen-bond acceptors (Lipinski definition) is 2. The lowest BCUT2D eigenvalue weighted by molar-refractivity contribution is -0.133. The summed E-state index contributed by atoms with van der Waals surface area (Å²) >= 11 is 0. The van der Waals surface area contributed by atoms with Gasteiger partial charge in [0.05, 0.1) is 5.92 Å². The molecule has 0 aliphatic heterocycles. The molecule has 0 N–H and O–H groups in total. The Morgan fingerprint density at radius 1 is 1.42 bits per heavy atom. The Balaban J connectivity index is 4.32. The van der Waals surface area contributed by atoms with E-state index in [9.17, 15) is 9.59 Å². The highest BCUT2D eigenvalue weighted by Gasteiger charge is 2.28. The van der Waals surface area contributed by atoms with Crippen LogP contribution < -0.4 is 0 Å². The number of carbonyl (C=O) groups is 2. The van der Waals surface area contributed by atoms with Gasteiger partial charge in [-0.05, 0) is 6.42 Å². The molecule has 2 nitrogen and oxygen atoms in total. The molecule has 0 bridgehead atoms. The molecule has 0 radical (unpaired) electrons. The number of aldehydes is 1. The van der Waals surface area contributed by atoms with Crippen molar-refractivity contribution in [3.63, 3.8) is 0 Å². The van der Waals surface area contributed by atoms with Crippen LogP contribution in [-0.2, 0) is 9.59 Å². The standard InChI is InChI=1S/C10H18O2/c1-5-6-8(7-11)9(12)10(2,3)4/h7-8H,5-6H2,1-4H3.